The molecule has 0 fully saturated rings. The van der Waals surface area contributed by atoms with Gasteiger partial charge in [0, 0.05) is 6.04 Å². The summed E-state index contributed by atoms with van der Waals surface area (Å²) in [6, 6.07) is 0.738. The highest BCUT2D eigenvalue weighted by Gasteiger charge is 2.07. The van der Waals surface area contributed by atoms with Gasteiger partial charge in [0.1, 0.15) is 0 Å². The average molecular weight is 199 g/mol. The van der Waals surface area contributed by atoms with E-state index in [4.69, 9.17) is 0 Å². The van der Waals surface area contributed by atoms with Crippen LogP contribution in [-0.4, -0.2) is 13.1 Å². The van der Waals surface area contributed by atoms with Gasteiger partial charge in [-0.15, -0.1) is 0 Å². The van der Waals surface area contributed by atoms with Crippen molar-refractivity contribution in [2.45, 2.75) is 65.8 Å². The first-order chi connectivity index (χ1) is 6.56. The van der Waals surface area contributed by atoms with Gasteiger partial charge in [-0.05, 0) is 31.7 Å². The maximum Gasteiger partial charge on any atom is 0.00664 e. The van der Waals surface area contributed by atoms with E-state index in [1.54, 1.807) is 0 Å². The maximum atomic E-state index is 3.42. The highest BCUT2D eigenvalue weighted by Crippen LogP contribution is 2.13. The lowest BCUT2D eigenvalue weighted by atomic mass is 9.97. The molecule has 14 heavy (non-hydrogen) atoms. The molecule has 0 heterocycles. The van der Waals surface area contributed by atoms with Crippen molar-refractivity contribution in [1.82, 2.24) is 5.32 Å². The number of unbranched alkanes of at least 4 members (excludes halogenated alkanes) is 1. The minimum Gasteiger partial charge on any atom is -0.317 e. The number of hydrogen-bond donors (Lipinski definition) is 1. The van der Waals surface area contributed by atoms with Gasteiger partial charge in [0.15, 0.2) is 0 Å². The molecule has 86 valence electrons. The van der Waals surface area contributed by atoms with E-state index in [9.17, 15) is 0 Å². The van der Waals surface area contributed by atoms with Gasteiger partial charge in [-0.25, -0.2) is 0 Å². The Labute approximate surface area is 90.7 Å². The maximum absolute atomic E-state index is 3.42. The highest BCUT2D eigenvalue weighted by molar-refractivity contribution is 4.66. The molecule has 0 aromatic rings. The zero-order valence-corrected chi connectivity index (χ0v) is 10.8. The first-order valence-corrected chi connectivity index (χ1v) is 6.23. The summed E-state index contributed by atoms with van der Waals surface area (Å²) in [6.07, 6.45) is 6.84. The Hall–Kier alpha value is -0.0400. The van der Waals surface area contributed by atoms with Crippen LogP contribution in [0, 0.1) is 11.8 Å². The lowest BCUT2D eigenvalue weighted by molar-refractivity contribution is 0.400. The van der Waals surface area contributed by atoms with Crippen molar-refractivity contribution in [2.24, 2.45) is 11.8 Å². The molecule has 0 aliphatic carbocycles. The van der Waals surface area contributed by atoms with Crippen LogP contribution in [0.1, 0.15) is 59.8 Å². The van der Waals surface area contributed by atoms with Gasteiger partial charge in [0.25, 0.3) is 0 Å². The van der Waals surface area contributed by atoms with E-state index in [1.807, 2.05) is 0 Å². The van der Waals surface area contributed by atoms with Crippen LogP contribution in [0.5, 0.6) is 0 Å². The van der Waals surface area contributed by atoms with Gasteiger partial charge in [-0.2, -0.15) is 0 Å². The van der Waals surface area contributed by atoms with Gasteiger partial charge >= 0.3 is 0 Å². The molecule has 1 nitrogen and oxygen atoms in total. The van der Waals surface area contributed by atoms with E-state index in [2.05, 4.69) is 40.1 Å². The zero-order chi connectivity index (χ0) is 11.0. The van der Waals surface area contributed by atoms with Gasteiger partial charge in [-0.3, -0.25) is 0 Å². The third-order valence-corrected chi connectivity index (χ3v) is 2.75. The molecule has 0 spiro atoms. The molecule has 0 saturated carbocycles. The predicted molar refractivity (Wildman–Crippen MR) is 65.6 cm³/mol. The Kier molecular flexibility index (Phi) is 8.26. The smallest absolute Gasteiger partial charge is 0.00664 e. The number of rotatable bonds is 8. The first-order valence-electron chi connectivity index (χ1n) is 6.23. The Morgan fingerprint density at radius 3 is 1.86 bits per heavy atom. The fourth-order valence-electron chi connectivity index (χ4n) is 1.89. The zero-order valence-electron chi connectivity index (χ0n) is 10.8. The second-order valence-corrected chi connectivity index (χ2v) is 5.29. The average Bonchev–Trinajstić information content (AvgIpc) is 2.09. The topological polar surface area (TPSA) is 12.0 Å². The van der Waals surface area contributed by atoms with Crippen LogP contribution in [0.25, 0.3) is 0 Å². The Morgan fingerprint density at radius 1 is 0.857 bits per heavy atom. The van der Waals surface area contributed by atoms with Crippen LogP contribution >= 0.6 is 0 Å². The SMILES string of the molecule is CNC(CCCCC(C)C)CC(C)C. The lowest BCUT2D eigenvalue weighted by Gasteiger charge is -2.18. The van der Waals surface area contributed by atoms with Crippen molar-refractivity contribution < 1.29 is 0 Å². The van der Waals surface area contributed by atoms with Crippen LogP contribution < -0.4 is 5.32 Å². The van der Waals surface area contributed by atoms with E-state index in [0.29, 0.717) is 0 Å². The molecular formula is C13H29N. The standard InChI is InChI=1S/C13H29N/c1-11(2)8-6-7-9-13(14-5)10-12(3)4/h11-14H,6-10H2,1-5H3. The third kappa shape index (κ3) is 8.55. The van der Waals surface area contributed by atoms with Crippen molar-refractivity contribution in [2.75, 3.05) is 7.05 Å². The van der Waals surface area contributed by atoms with Crippen LogP contribution in [0.2, 0.25) is 0 Å². The van der Waals surface area contributed by atoms with E-state index >= 15 is 0 Å². The fourth-order valence-corrected chi connectivity index (χ4v) is 1.89. The van der Waals surface area contributed by atoms with Crippen molar-refractivity contribution in [1.29, 1.82) is 0 Å². The summed E-state index contributed by atoms with van der Waals surface area (Å²) in [4.78, 5) is 0. The molecule has 0 aromatic heterocycles. The second kappa shape index (κ2) is 8.28. The molecule has 0 aliphatic rings. The van der Waals surface area contributed by atoms with E-state index < -0.39 is 0 Å². The Balaban J connectivity index is 3.43. The third-order valence-electron chi connectivity index (χ3n) is 2.75. The summed E-state index contributed by atoms with van der Waals surface area (Å²) in [5.41, 5.74) is 0. The molecule has 0 rings (SSSR count). The highest BCUT2D eigenvalue weighted by atomic mass is 14.9. The Morgan fingerprint density at radius 2 is 1.43 bits per heavy atom. The second-order valence-electron chi connectivity index (χ2n) is 5.29. The molecule has 0 saturated heterocycles. The summed E-state index contributed by atoms with van der Waals surface area (Å²) in [7, 11) is 2.09. The van der Waals surface area contributed by atoms with Crippen LogP contribution in [0.3, 0.4) is 0 Å². The summed E-state index contributed by atoms with van der Waals surface area (Å²) < 4.78 is 0. The van der Waals surface area contributed by atoms with E-state index in [1.165, 1.54) is 32.1 Å². The first kappa shape index (κ1) is 14.0. The van der Waals surface area contributed by atoms with Gasteiger partial charge in [0.2, 0.25) is 0 Å². The quantitative estimate of drug-likeness (QED) is 0.586. The van der Waals surface area contributed by atoms with E-state index in [0.717, 1.165) is 17.9 Å². The molecule has 1 unspecified atom stereocenters. The van der Waals surface area contributed by atoms with Crippen LogP contribution in [-0.2, 0) is 0 Å². The molecule has 0 aliphatic heterocycles. The van der Waals surface area contributed by atoms with Crippen molar-refractivity contribution in [3.05, 3.63) is 0 Å². The largest absolute Gasteiger partial charge is 0.317 e. The minimum absolute atomic E-state index is 0.738. The summed E-state index contributed by atoms with van der Waals surface area (Å²) in [5, 5.41) is 3.42. The monoisotopic (exact) mass is 199 g/mol. The van der Waals surface area contributed by atoms with Gasteiger partial charge in [-0.1, -0.05) is 47.0 Å². The van der Waals surface area contributed by atoms with Crippen molar-refractivity contribution >= 4 is 0 Å². The summed E-state index contributed by atoms with van der Waals surface area (Å²) in [6.45, 7) is 9.23. The normalized spacial score (nSPS) is 13.9. The molecule has 0 aromatic carbocycles. The number of hydrogen-bond acceptors (Lipinski definition) is 1. The molecule has 0 amide bonds. The van der Waals surface area contributed by atoms with Gasteiger partial charge in [0.05, 0.1) is 0 Å². The lowest BCUT2D eigenvalue weighted by Crippen LogP contribution is -2.26. The van der Waals surface area contributed by atoms with Gasteiger partial charge < -0.3 is 5.32 Å². The van der Waals surface area contributed by atoms with Crippen LogP contribution in [0.15, 0.2) is 0 Å². The Bertz CT molecular complexity index is 118. The molecule has 0 bridgehead atoms. The minimum atomic E-state index is 0.738. The summed E-state index contributed by atoms with van der Waals surface area (Å²) >= 11 is 0. The fraction of sp³-hybridized carbons (Fsp3) is 1.00. The van der Waals surface area contributed by atoms with Crippen LogP contribution in [0.4, 0.5) is 0 Å². The molecule has 1 N–H and O–H groups in total. The van der Waals surface area contributed by atoms with E-state index in [-0.39, 0.29) is 0 Å². The number of nitrogens with one attached hydrogen (secondary N) is 1. The van der Waals surface area contributed by atoms with Crippen molar-refractivity contribution in [3.63, 3.8) is 0 Å². The molecule has 1 heteroatoms. The molecule has 0 radical (unpaired) electrons. The molecule has 1 atom stereocenters. The molecular weight excluding hydrogens is 170 g/mol. The van der Waals surface area contributed by atoms with Crippen molar-refractivity contribution in [3.8, 4) is 0 Å². The predicted octanol–water partition coefficient (Wildman–Crippen LogP) is 3.84. The summed E-state index contributed by atoms with van der Waals surface area (Å²) in [5.74, 6) is 1.69.